The normalized spacial score (nSPS) is 13.6. The van der Waals surface area contributed by atoms with E-state index < -0.39 is 11.5 Å². The molecule has 2 N–H and O–H groups in total. The van der Waals surface area contributed by atoms with E-state index >= 15 is 0 Å². The maximum Gasteiger partial charge on any atom is 0.305 e. The molecule has 0 spiro atoms. The Kier molecular flexibility index (Phi) is 5.06. The monoisotopic (exact) mass is 284 g/mol. The van der Waals surface area contributed by atoms with Crippen molar-refractivity contribution in [1.29, 1.82) is 0 Å². The number of pyridine rings is 1. The van der Waals surface area contributed by atoms with Crippen LogP contribution < -0.4 is 5.32 Å². The van der Waals surface area contributed by atoms with Crippen molar-refractivity contribution in [3.8, 4) is 0 Å². The highest BCUT2D eigenvalue weighted by atomic mass is 16.4. The van der Waals surface area contributed by atoms with E-state index in [9.17, 15) is 9.90 Å². The Morgan fingerprint density at radius 1 is 1.19 bits per heavy atom. The van der Waals surface area contributed by atoms with Gasteiger partial charge >= 0.3 is 5.97 Å². The molecule has 1 atom stereocenters. The molecule has 2 aromatic rings. The maximum atomic E-state index is 11.2. The number of hydrogen-bond donors (Lipinski definition) is 2. The van der Waals surface area contributed by atoms with E-state index in [2.05, 4.69) is 22.4 Å². The van der Waals surface area contributed by atoms with Crippen LogP contribution >= 0.6 is 0 Å². The van der Waals surface area contributed by atoms with Crippen LogP contribution in [0, 0.1) is 0 Å². The van der Waals surface area contributed by atoms with E-state index in [0.717, 1.165) is 18.5 Å². The standard InChI is InChI=1S/C17H20N2O2/c1-17(13-16(20)21,15-8-10-18-11-9-15)19-12-7-14-5-3-2-4-6-14/h2-6,8-11,19H,7,12-13H2,1H3,(H,20,21). The molecule has 4 nitrogen and oxygen atoms in total. The number of rotatable bonds is 7. The fourth-order valence-corrected chi connectivity index (χ4v) is 2.42. The van der Waals surface area contributed by atoms with Crippen molar-refractivity contribution in [2.75, 3.05) is 6.54 Å². The third kappa shape index (κ3) is 4.39. The number of hydrogen-bond acceptors (Lipinski definition) is 3. The van der Waals surface area contributed by atoms with Gasteiger partial charge in [-0.05, 0) is 36.6 Å². The predicted molar refractivity (Wildman–Crippen MR) is 82.0 cm³/mol. The highest BCUT2D eigenvalue weighted by molar-refractivity contribution is 5.68. The first-order valence-corrected chi connectivity index (χ1v) is 7.01. The van der Waals surface area contributed by atoms with Crippen molar-refractivity contribution in [3.63, 3.8) is 0 Å². The Bertz CT molecular complexity index is 572. The van der Waals surface area contributed by atoms with E-state index in [1.165, 1.54) is 5.56 Å². The summed E-state index contributed by atoms with van der Waals surface area (Å²) in [5.74, 6) is -0.818. The largest absolute Gasteiger partial charge is 0.481 e. The van der Waals surface area contributed by atoms with Gasteiger partial charge in [0.05, 0.1) is 12.0 Å². The summed E-state index contributed by atoms with van der Waals surface area (Å²) in [7, 11) is 0. The number of nitrogens with one attached hydrogen (secondary N) is 1. The summed E-state index contributed by atoms with van der Waals surface area (Å²) in [5, 5.41) is 12.6. The zero-order valence-corrected chi connectivity index (χ0v) is 12.1. The summed E-state index contributed by atoms with van der Waals surface area (Å²) in [6, 6.07) is 13.9. The number of aliphatic carboxylic acids is 1. The lowest BCUT2D eigenvalue weighted by Gasteiger charge is -2.30. The molecule has 0 bridgehead atoms. The van der Waals surface area contributed by atoms with Crippen molar-refractivity contribution in [3.05, 3.63) is 66.0 Å². The van der Waals surface area contributed by atoms with Crippen LogP contribution in [0.1, 0.15) is 24.5 Å². The first kappa shape index (κ1) is 15.2. The fraction of sp³-hybridized carbons (Fsp3) is 0.294. The van der Waals surface area contributed by atoms with Crippen molar-refractivity contribution in [2.24, 2.45) is 0 Å². The molecular formula is C17H20N2O2. The second-order valence-electron chi connectivity index (χ2n) is 5.30. The Morgan fingerprint density at radius 3 is 2.48 bits per heavy atom. The van der Waals surface area contributed by atoms with Gasteiger partial charge in [0.1, 0.15) is 0 Å². The summed E-state index contributed by atoms with van der Waals surface area (Å²) >= 11 is 0. The average molecular weight is 284 g/mol. The first-order valence-electron chi connectivity index (χ1n) is 7.01. The van der Waals surface area contributed by atoms with Crippen LogP contribution in [-0.2, 0) is 16.8 Å². The first-order chi connectivity index (χ1) is 10.1. The van der Waals surface area contributed by atoms with Crippen LogP contribution in [0.5, 0.6) is 0 Å². The SMILES string of the molecule is CC(CC(=O)O)(NCCc1ccccc1)c1ccncc1. The minimum atomic E-state index is -0.818. The molecule has 0 saturated heterocycles. The molecule has 0 radical (unpaired) electrons. The molecule has 1 unspecified atom stereocenters. The van der Waals surface area contributed by atoms with Gasteiger partial charge in [-0.1, -0.05) is 30.3 Å². The van der Waals surface area contributed by atoms with Gasteiger partial charge in [0.15, 0.2) is 0 Å². The van der Waals surface area contributed by atoms with Gasteiger partial charge in [0.2, 0.25) is 0 Å². The van der Waals surface area contributed by atoms with Crippen LogP contribution in [0.25, 0.3) is 0 Å². The minimum absolute atomic E-state index is 0.0335. The molecule has 21 heavy (non-hydrogen) atoms. The molecule has 1 aromatic heterocycles. The molecule has 0 fully saturated rings. The summed E-state index contributed by atoms with van der Waals surface area (Å²) in [4.78, 5) is 15.2. The average Bonchev–Trinajstić information content (AvgIpc) is 2.48. The van der Waals surface area contributed by atoms with Gasteiger partial charge in [0, 0.05) is 18.9 Å². The zero-order chi connectivity index (χ0) is 15.1. The van der Waals surface area contributed by atoms with Crippen molar-refractivity contribution >= 4 is 5.97 Å². The van der Waals surface area contributed by atoms with Crippen LogP contribution in [-0.4, -0.2) is 22.6 Å². The third-order valence-corrected chi connectivity index (χ3v) is 3.59. The Labute approximate surface area is 124 Å². The van der Waals surface area contributed by atoms with Gasteiger partial charge < -0.3 is 10.4 Å². The molecule has 4 heteroatoms. The number of benzene rings is 1. The van der Waals surface area contributed by atoms with Crippen LogP contribution in [0.3, 0.4) is 0 Å². The topological polar surface area (TPSA) is 62.2 Å². The maximum absolute atomic E-state index is 11.2. The number of aromatic nitrogens is 1. The fourth-order valence-electron chi connectivity index (χ4n) is 2.42. The number of nitrogens with zero attached hydrogens (tertiary/aromatic N) is 1. The number of carboxylic acid groups (broad SMARTS) is 1. The molecule has 1 aromatic carbocycles. The lowest BCUT2D eigenvalue weighted by Crippen LogP contribution is -2.42. The van der Waals surface area contributed by atoms with Crippen LogP contribution in [0.15, 0.2) is 54.9 Å². The Balaban J connectivity index is 2.05. The summed E-state index contributed by atoms with van der Waals surface area (Å²) in [5.41, 5.74) is 1.58. The van der Waals surface area contributed by atoms with Crippen molar-refractivity contribution < 1.29 is 9.90 Å². The smallest absolute Gasteiger partial charge is 0.305 e. The van der Waals surface area contributed by atoms with E-state index in [-0.39, 0.29) is 6.42 Å². The van der Waals surface area contributed by atoms with Gasteiger partial charge in [-0.3, -0.25) is 9.78 Å². The predicted octanol–water partition coefficient (Wildman–Crippen LogP) is 2.60. The minimum Gasteiger partial charge on any atom is -0.481 e. The lowest BCUT2D eigenvalue weighted by molar-refractivity contribution is -0.138. The van der Waals surface area contributed by atoms with Crippen molar-refractivity contribution in [1.82, 2.24) is 10.3 Å². The summed E-state index contributed by atoms with van der Waals surface area (Å²) in [6.07, 6.45) is 4.27. The quantitative estimate of drug-likeness (QED) is 0.820. The second kappa shape index (κ2) is 6.99. The lowest BCUT2D eigenvalue weighted by atomic mass is 9.89. The summed E-state index contributed by atoms with van der Waals surface area (Å²) < 4.78 is 0. The molecular weight excluding hydrogens is 264 g/mol. The third-order valence-electron chi connectivity index (χ3n) is 3.59. The molecule has 0 amide bonds. The van der Waals surface area contributed by atoms with Crippen LogP contribution in [0.4, 0.5) is 0 Å². The second-order valence-corrected chi connectivity index (χ2v) is 5.30. The van der Waals surface area contributed by atoms with Gasteiger partial charge in [-0.15, -0.1) is 0 Å². The van der Waals surface area contributed by atoms with Gasteiger partial charge in [-0.25, -0.2) is 0 Å². The molecule has 0 aliphatic carbocycles. The zero-order valence-electron chi connectivity index (χ0n) is 12.1. The molecule has 110 valence electrons. The molecule has 0 aliphatic rings. The number of carbonyl (C=O) groups is 1. The van der Waals surface area contributed by atoms with E-state index in [1.54, 1.807) is 12.4 Å². The van der Waals surface area contributed by atoms with E-state index in [1.807, 2.05) is 37.3 Å². The van der Waals surface area contributed by atoms with Gasteiger partial charge in [-0.2, -0.15) is 0 Å². The molecule has 0 aliphatic heterocycles. The van der Waals surface area contributed by atoms with Crippen molar-refractivity contribution in [2.45, 2.75) is 25.3 Å². The molecule has 0 saturated carbocycles. The van der Waals surface area contributed by atoms with E-state index in [0.29, 0.717) is 0 Å². The molecule has 2 rings (SSSR count). The van der Waals surface area contributed by atoms with Gasteiger partial charge in [0.25, 0.3) is 0 Å². The number of carboxylic acids is 1. The summed E-state index contributed by atoms with van der Waals surface area (Å²) in [6.45, 7) is 2.64. The highest BCUT2D eigenvalue weighted by Gasteiger charge is 2.28. The highest BCUT2D eigenvalue weighted by Crippen LogP contribution is 2.24. The Morgan fingerprint density at radius 2 is 1.86 bits per heavy atom. The van der Waals surface area contributed by atoms with E-state index in [4.69, 9.17) is 0 Å². The Hall–Kier alpha value is -2.20. The molecule has 1 heterocycles. The van der Waals surface area contributed by atoms with Crippen LogP contribution in [0.2, 0.25) is 0 Å².